The molecule has 2 amide bonds. The summed E-state index contributed by atoms with van der Waals surface area (Å²) in [6.07, 6.45) is -2.39. The van der Waals surface area contributed by atoms with Crippen LogP contribution < -0.4 is 5.73 Å². The molecule has 2 fully saturated rings. The lowest BCUT2D eigenvalue weighted by molar-refractivity contribution is -0.161. The lowest BCUT2D eigenvalue weighted by Crippen LogP contribution is -2.66. The number of ether oxygens (including phenoxy) is 1. The van der Waals surface area contributed by atoms with Crippen molar-refractivity contribution in [1.29, 1.82) is 0 Å². The van der Waals surface area contributed by atoms with E-state index in [2.05, 4.69) is 10.1 Å². The SMILES string of the molecule is CC(C)(O/N=C(\C(=O)C[C@@H]1C(=O)N(S(=O)(=O)O)[C@@H]1CN1C[C@H](CO)OC1=O)c1csc(N)n1)C(=O)O. The molecule has 198 valence electrons. The Morgan fingerprint density at radius 2 is 2.06 bits per heavy atom. The third-order valence-corrected chi connectivity index (χ3v) is 7.05. The number of amides is 2. The van der Waals surface area contributed by atoms with Gasteiger partial charge in [-0.15, -0.1) is 11.3 Å². The quantitative estimate of drug-likeness (QED) is 0.109. The number of carboxylic acid groups (broad SMARTS) is 1. The second kappa shape index (κ2) is 9.96. The number of hydrogen-bond acceptors (Lipinski definition) is 13. The molecule has 2 saturated heterocycles. The van der Waals surface area contributed by atoms with E-state index in [9.17, 15) is 42.4 Å². The molecule has 3 atom stereocenters. The number of aliphatic hydroxyl groups is 1. The van der Waals surface area contributed by atoms with Gasteiger partial charge in [-0.25, -0.2) is 18.9 Å². The summed E-state index contributed by atoms with van der Waals surface area (Å²) in [5, 5.41) is 23.5. The summed E-state index contributed by atoms with van der Waals surface area (Å²) < 4.78 is 38.0. The third-order valence-electron chi connectivity index (χ3n) is 5.42. The Hall–Kier alpha value is -3.35. The van der Waals surface area contributed by atoms with Crippen LogP contribution in [0.2, 0.25) is 0 Å². The highest BCUT2D eigenvalue weighted by Crippen LogP contribution is 2.34. The highest BCUT2D eigenvalue weighted by Gasteiger charge is 2.55. The summed E-state index contributed by atoms with van der Waals surface area (Å²) in [5.41, 5.74) is 3.25. The van der Waals surface area contributed by atoms with Gasteiger partial charge in [-0.05, 0) is 13.8 Å². The molecule has 1 aromatic rings. The van der Waals surface area contributed by atoms with Crippen LogP contribution in [0, 0.1) is 5.92 Å². The number of aliphatic carboxylic acids is 1. The van der Waals surface area contributed by atoms with Crippen LogP contribution in [0.15, 0.2) is 10.5 Å². The van der Waals surface area contributed by atoms with Crippen LogP contribution in [0.3, 0.4) is 0 Å². The Bertz CT molecular complexity index is 1210. The smallest absolute Gasteiger partial charge is 0.410 e. The first-order valence-electron chi connectivity index (χ1n) is 10.3. The van der Waals surface area contributed by atoms with Crippen molar-refractivity contribution >= 4 is 56.2 Å². The van der Waals surface area contributed by atoms with Gasteiger partial charge in [-0.3, -0.25) is 14.1 Å². The zero-order chi connectivity index (χ0) is 27.0. The van der Waals surface area contributed by atoms with E-state index in [1.165, 1.54) is 19.2 Å². The van der Waals surface area contributed by atoms with Crippen LogP contribution in [0.5, 0.6) is 0 Å². The minimum Gasteiger partial charge on any atom is -0.478 e. The molecule has 0 bridgehead atoms. The normalized spacial score (nSPS) is 22.9. The van der Waals surface area contributed by atoms with Gasteiger partial charge in [-0.1, -0.05) is 5.16 Å². The van der Waals surface area contributed by atoms with Gasteiger partial charge in [0, 0.05) is 18.3 Å². The van der Waals surface area contributed by atoms with Crippen LogP contribution in [0.4, 0.5) is 9.93 Å². The highest BCUT2D eigenvalue weighted by atomic mass is 32.2. The van der Waals surface area contributed by atoms with Crippen molar-refractivity contribution in [3.05, 3.63) is 11.1 Å². The maximum Gasteiger partial charge on any atom is 0.410 e. The average Bonchev–Trinajstić information content (AvgIpc) is 3.35. The van der Waals surface area contributed by atoms with Crippen molar-refractivity contribution in [3.8, 4) is 0 Å². The van der Waals surface area contributed by atoms with Crippen molar-refractivity contribution < 1.29 is 51.9 Å². The standard InChI is InChI=1S/C18H23N5O11S2/c1-18(2,15(27)28)34-21-13(10-7-35-16(19)20-10)12(25)3-9-11(23(14(9)26)36(30,31)32)5-22-4-8(6-24)33-17(22)29/h7-9,11,24H,3-6H2,1-2H3,(H2,19,20)(H,27,28)(H,30,31,32)/b21-13-/t8-,9+,11-/m1/s1. The molecule has 2 aliphatic rings. The first-order chi connectivity index (χ1) is 16.7. The largest absolute Gasteiger partial charge is 0.478 e. The number of β-lactam (4-membered cyclic amide) rings is 1. The molecule has 3 rings (SSSR count). The number of nitrogens with zero attached hydrogens (tertiary/aromatic N) is 4. The van der Waals surface area contributed by atoms with Crippen molar-refractivity contribution in [3.63, 3.8) is 0 Å². The number of Topliss-reactive ketones (excluding diaryl/α,β-unsaturated/α-hetero) is 1. The zero-order valence-electron chi connectivity index (χ0n) is 18.9. The molecule has 0 spiro atoms. The number of carboxylic acids is 1. The topological polar surface area (TPSA) is 239 Å². The number of aromatic nitrogens is 1. The summed E-state index contributed by atoms with van der Waals surface area (Å²) in [6, 6.07) is -1.33. The van der Waals surface area contributed by atoms with Crippen LogP contribution in [-0.4, -0.2) is 104 Å². The van der Waals surface area contributed by atoms with Gasteiger partial charge in [0.25, 0.3) is 0 Å². The summed E-state index contributed by atoms with van der Waals surface area (Å²) in [6.45, 7) is 1.35. The number of aliphatic hydroxyl groups excluding tert-OH is 1. The number of hydrogen-bond donors (Lipinski definition) is 4. The van der Waals surface area contributed by atoms with Gasteiger partial charge in [0.05, 0.1) is 25.1 Å². The van der Waals surface area contributed by atoms with E-state index in [0.717, 1.165) is 16.2 Å². The maximum atomic E-state index is 13.1. The van der Waals surface area contributed by atoms with Crippen LogP contribution in [0.25, 0.3) is 0 Å². The molecule has 0 radical (unpaired) electrons. The van der Waals surface area contributed by atoms with Crippen molar-refractivity contribution in [1.82, 2.24) is 14.2 Å². The molecular weight excluding hydrogens is 526 g/mol. The molecule has 0 saturated carbocycles. The molecule has 0 unspecified atom stereocenters. The number of thiazole rings is 1. The lowest BCUT2D eigenvalue weighted by atomic mass is 9.84. The molecule has 5 N–H and O–H groups in total. The van der Waals surface area contributed by atoms with E-state index in [4.69, 9.17) is 15.3 Å². The van der Waals surface area contributed by atoms with Gasteiger partial charge in [0.1, 0.15) is 11.8 Å². The fourth-order valence-electron chi connectivity index (χ4n) is 3.46. The Morgan fingerprint density at radius 3 is 2.56 bits per heavy atom. The van der Waals surface area contributed by atoms with Crippen molar-refractivity contribution in [2.45, 2.75) is 38.0 Å². The Morgan fingerprint density at radius 1 is 1.39 bits per heavy atom. The van der Waals surface area contributed by atoms with Gasteiger partial charge in [-0.2, -0.15) is 8.42 Å². The molecule has 0 aromatic carbocycles. The number of anilines is 1. The molecule has 16 nitrogen and oxygen atoms in total. The molecule has 1 aromatic heterocycles. The zero-order valence-corrected chi connectivity index (χ0v) is 20.6. The van der Waals surface area contributed by atoms with E-state index in [0.29, 0.717) is 0 Å². The maximum absolute atomic E-state index is 13.1. The first-order valence-corrected chi connectivity index (χ1v) is 12.5. The van der Waals surface area contributed by atoms with Crippen molar-refractivity contribution in [2.75, 3.05) is 25.4 Å². The molecule has 18 heteroatoms. The number of oxime groups is 1. The second-order valence-electron chi connectivity index (χ2n) is 8.42. The Labute approximate surface area is 208 Å². The van der Waals surface area contributed by atoms with Crippen LogP contribution >= 0.6 is 11.3 Å². The van der Waals surface area contributed by atoms with Gasteiger partial charge >= 0.3 is 22.4 Å². The van der Waals surface area contributed by atoms with Crippen LogP contribution in [0.1, 0.15) is 26.0 Å². The number of nitrogen functional groups attached to an aromatic ring is 1. The number of ketones is 1. The predicted molar refractivity (Wildman–Crippen MR) is 120 cm³/mol. The average molecular weight is 550 g/mol. The molecule has 3 heterocycles. The van der Waals surface area contributed by atoms with Gasteiger partial charge < -0.3 is 30.4 Å². The Balaban J connectivity index is 1.86. The molecule has 36 heavy (non-hydrogen) atoms. The fraction of sp³-hybridized carbons (Fsp3) is 0.556. The fourth-order valence-corrected chi connectivity index (χ4v) is 4.93. The summed E-state index contributed by atoms with van der Waals surface area (Å²) in [4.78, 5) is 59.0. The number of carbonyl (C=O) groups excluding carboxylic acids is 3. The van der Waals surface area contributed by atoms with E-state index in [1.54, 1.807) is 0 Å². The Kier molecular flexibility index (Phi) is 7.53. The monoisotopic (exact) mass is 549 g/mol. The number of nitrogens with two attached hydrogens (primary N) is 1. The highest BCUT2D eigenvalue weighted by molar-refractivity contribution is 7.84. The molecule has 2 aliphatic heterocycles. The van der Waals surface area contributed by atoms with Gasteiger partial charge in [0.2, 0.25) is 11.5 Å². The van der Waals surface area contributed by atoms with E-state index in [-0.39, 0.29) is 21.7 Å². The molecular formula is C18H23N5O11S2. The number of carbonyl (C=O) groups is 4. The first kappa shape index (κ1) is 27.2. The van der Waals surface area contributed by atoms with Crippen LogP contribution in [-0.2, 0) is 34.3 Å². The third kappa shape index (κ3) is 5.55. The van der Waals surface area contributed by atoms with Crippen molar-refractivity contribution in [2.24, 2.45) is 11.1 Å². The van der Waals surface area contributed by atoms with Gasteiger partial charge in [0.15, 0.2) is 16.6 Å². The summed E-state index contributed by atoms with van der Waals surface area (Å²) in [7, 11) is -5.02. The minimum atomic E-state index is -5.02. The summed E-state index contributed by atoms with van der Waals surface area (Å²) in [5.74, 6) is -4.66. The van der Waals surface area contributed by atoms with E-state index < -0.39 is 83.0 Å². The summed E-state index contributed by atoms with van der Waals surface area (Å²) >= 11 is 0.953. The number of rotatable bonds is 11. The molecule has 0 aliphatic carbocycles. The van der Waals surface area contributed by atoms with E-state index in [1.807, 2.05) is 0 Å². The minimum absolute atomic E-state index is 0.0594. The number of cyclic esters (lactones) is 1. The second-order valence-corrected chi connectivity index (χ2v) is 10.6. The lowest BCUT2D eigenvalue weighted by Gasteiger charge is -2.45. The van der Waals surface area contributed by atoms with E-state index >= 15 is 0 Å². The predicted octanol–water partition coefficient (Wildman–Crippen LogP) is -1.29.